The van der Waals surface area contributed by atoms with Crippen molar-refractivity contribution in [3.05, 3.63) is 22.4 Å². The molecule has 5 nitrogen and oxygen atoms in total. The summed E-state index contributed by atoms with van der Waals surface area (Å²) in [5, 5.41) is 7.60. The van der Waals surface area contributed by atoms with Gasteiger partial charge in [-0.3, -0.25) is 4.79 Å². The average molecular weight is 325 g/mol. The molecule has 0 aromatic carbocycles. The second-order valence-corrected chi connectivity index (χ2v) is 8.43. The zero-order valence-electron chi connectivity index (χ0n) is 14.0. The van der Waals surface area contributed by atoms with Crippen molar-refractivity contribution in [1.82, 2.24) is 10.6 Å². The van der Waals surface area contributed by atoms with Crippen LogP contribution in [-0.4, -0.2) is 17.5 Å². The van der Waals surface area contributed by atoms with E-state index in [2.05, 4.69) is 31.4 Å². The van der Waals surface area contributed by atoms with Crippen molar-refractivity contribution in [1.29, 1.82) is 0 Å². The van der Waals surface area contributed by atoms with E-state index in [1.807, 2.05) is 31.4 Å². The number of hydrogen-bond acceptors (Lipinski definition) is 3. The van der Waals surface area contributed by atoms with E-state index in [4.69, 9.17) is 5.73 Å². The zero-order valence-corrected chi connectivity index (χ0v) is 14.8. The largest absolute Gasteiger partial charge is 0.352 e. The lowest BCUT2D eigenvalue weighted by atomic mass is 9.81. The first-order valence-corrected chi connectivity index (χ1v) is 8.27. The summed E-state index contributed by atoms with van der Waals surface area (Å²) in [6.07, 6.45) is 1.04. The maximum Gasteiger partial charge on any atom is 0.312 e. The highest BCUT2D eigenvalue weighted by Gasteiger charge is 2.28. The van der Waals surface area contributed by atoms with Gasteiger partial charge in [0.15, 0.2) is 0 Å². The van der Waals surface area contributed by atoms with Crippen LogP contribution in [0.1, 0.15) is 58.4 Å². The Morgan fingerprint density at radius 1 is 1.27 bits per heavy atom. The van der Waals surface area contributed by atoms with E-state index in [0.29, 0.717) is 0 Å². The van der Waals surface area contributed by atoms with E-state index >= 15 is 0 Å². The monoisotopic (exact) mass is 325 g/mol. The van der Waals surface area contributed by atoms with Gasteiger partial charge >= 0.3 is 6.03 Å². The first-order valence-electron chi connectivity index (χ1n) is 7.39. The quantitative estimate of drug-likeness (QED) is 0.750. The average Bonchev–Trinajstić information content (AvgIpc) is 2.75. The number of nitrogens with one attached hydrogen (secondary N) is 2. The molecule has 0 bridgehead atoms. The summed E-state index contributed by atoms with van der Waals surface area (Å²) in [6.45, 7) is 10.5. The number of rotatable bonds is 6. The molecule has 1 unspecified atom stereocenters. The van der Waals surface area contributed by atoms with Gasteiger partial charge in [0.25, 0.3) is 0 Å². The molecule has 0 spiro atoms. The molecule has 22 heavy (non-hydrogen) atoms. The minimum absolute atomic E-state index is 0.0959. The van der Waals surface area contributed by atoms with Crippen LogP contribution < -0.4 is 16.4 Å². The van der Waals surface area contributed by atoms with Crippen LogP contribution >= 0.6 is 11.3 Å². The molecule has 0 aliphatic carbocycles. The highest BCUT2D eigenvalue weighted by Crippen LogP contribution is 2.27. The van der Waals surface area contributed by atoms with E-state index < -0.39 is 6.03 Å². The lowest BCUT2D eigenvalue weighted by Gasteiger charge is -2.33. The van der Waals surface area contributed by atoms with Crippen molar-refractivity contribution >= 4 is 23.3 Å². The van der Waals surface area contributed by atoms with Crippen molar-refractivity contribution in [2.75, 3.05) is 0 Å². The van der Waals surface area contributed by atoms with Gasteiger partial charge in [0.05, 0.1) is 12.5 Å². The second-order valence-electron chi connectivity index (χ2n) is 7.45. The Bertz CT molecular complexity index is 504. The first-order chi connectivity index (χ1) is 9.98. The van der Waals surface area contributed by atoms with Gasteiger partial charge in [-0.15, -0.1) is 11.3 Å². The molecule has 0 aliphatic rings. The highest BCUT2D eigenvalue weighted by molar-refractivity contribution is 7.10. The maximum absolute atomic E-state index is 12.3. The molecular weight excluding hydrogens is 298 g/mol. The molecule has 0 aliphatic heterocycles. The summed E-state index contributed by atoms with van der Waals surface area (Å²) in [4.78, 5) is 24.4. The number of thiophene rings is 1. The Kier molecular flexibility index (Phi) is 6.00. The van der Waals surface area contributed by atoms with Crippen LogP contribution in [0.5, 0.6) is 0 Å². The lowest BCUT2D eigenvalue weighted by molar-refractivity contribution is -0.123. The molecule has 0 saturated carbocycles. The highest BCUT2D eigenvalue weighted by atomic mass is 32.1. The number of hydrogen-bond donors (Lipinski definition) is 3. The van der Waals surface area contributed by atoms with E-state index in [9.17, 15) is 9.59 Å². The van der Waals surface area contributed by atoms with Crippen molar-refractivity contribution in [2.24, 2.45) is 11.1 Å². The van der Waals surface area contributed by atoms with E-state index in [-0.39, 0.29) is 29.3 Å². The molecule has 3 amide bonds. The van der Waals surface area contributed by atoms with Crippen molar-refractivity contribution in [2.45, 2.75) is 59.0 Å². The fraction of sp³-hybridized carbons (Fsp3) is 0.625. The van der Waals surface area contributed by atoms with Gasteiger partial charge in [-0.25, -0.2) is 4.79 Å². The Morgan fingerprint density at radius 3 is 2.36 bits per heavy atom. The molecule has 124 valence electrons. The van der Waals surface area contributed by atoms with Gasteiger partial charge < -0.3 is 16.4 Å². The number of carbonyl (C=O) groups excluding carboxylic acids is 2. The Morgan fingerprint density at radius 2 is 1.91 bits per heavy atom. The number of primary amides is 1. The standard InChI is InChI=1S/C16H27N3O2S/c1-15(2,3)10-16(4,5)19-13(20)9-11(18-14(17)21)12-7-6-8-22-12/h6-8,11H,9-10H2,1-5H3,(H,19,20)(H3,17,18,21). The van der Waals surface area contributed by atoms with E-state index in [1.54, 1.807) is 0 Å². The van der Waals surface area contributed by atoms with E-state index in [1.165, 1.54) is 11.3 Å². The number of carbonyl (C=O) groups is 2. The van der Waals surface area contributed by atoms with Crippen molar-refractivity contribution < 1.29 is 9.59 Å². The fourth-order valence-corrected chi connectivity index (χ4v) is 3.65. The fourth-order valence-electron chi connectivity index (χ4n) is 2.87. The summed E-state index contributed by atoms with van der Waals surface area (Å²) in [6, 6.07) is 2.76. The minimum Gasteiger partial charge on any atom is -0.352 e. The predicted molar refractivity (Wildman–Crippen MR) is 90.7 cm³/mol. The minimum atomic E-state index is -0.625. The van der Waals surface area contributed by atoms with Crippen LogP contribution in [0.3, 0.4) is 0 Å². The van der Waals surface area contributed by atoms with Gasteiger partial charge in [-0.2, -0.15) is 0 Å². The maximum atomic E-state index is 12.3. The van der Waals surface area contributed by atoms with Crippen molar-refractivity contribution in [3.63, 3.8) is 0 Å². The number of nitrogens with two attached hydrogens (primary N) is 1. The van der Waals surface area contributed by atoms with Crippen LogP contribution in [0.4, 0.5) is 4.79 Å². The summed E-state index contributed by atoms with van der Waals surface area (Å²) in [7, 11) is 0. The molecule has 0 fully saturated rings. The SMILES string of the molecule is CC(C)(C)CC(C)(C)NC(=O)CC(NC(N)=O)c1cccs1. The lowest BCUT2D eigenvalue weighted by Crippen LogP contribution is -2.47. The molecule has 1 aromatic rings. The van der Waals surface area contributed by atoms with Crippen LogP contribution in [-0.2, 0) is 4.79 Å². The third kappa shape index (κ3) is 6.93. The smallest absolute Gasteiger partial charge is 0.312 e. The van der Waals surface area contributed by atoms with Gasteiger partial charge in [0.1, 0.15) is 0 Å². The summed E-state index contributed by atoms with van der Waals surface area (Å²) < 4.78 is 0. The Labute approximate surface area is 136 Å². The molecular formula is C16H27N3O2S. The topological polar surface area (TPSA) is 84.2 Å². The molecule has 1 rings (SSSR count). The van der Waals surface area contributed by atoms with Gasteiger partial charge in [-0.1, -0.05) is 26.8 Å². The molecule has 0 saturated heterocycles. The molecule has 6 heteroatoms. The third-order valence-corrected chi connectivity index (χ3v) is 4.03. The molecule has 1 aromatic heterocycles. The summed E-state index contributed by atoms with van der Waals surface area (Å²) >= 11 is 1.49. The summed E-state index contributed by atoms with van der Waals surface area (Å²) in [5.74, 6) is -0.0959. The first kappa shape index (κ1) is 18.5. The second kappa shape index (κ2) is 7.13. The third-order valence-electron chi connectivity index (χ3n) is 3.04. The van der Waals surface area contributed by atoms with Crippen LogP contribution in [0.15, 0.2) is 17.5 Å². The molecule has 4 N–H and O–H groups in total. The Hall–Kier alpha value is -1.56. The number of urea groups is 1. The van der Waals surface area contributed by atoms with Crippen LogP contribution in [0, 0.1) is 5.41 Å². The van der Waals surface area contributed by atoms with Crippen LogP contribution in [0.2, 0.25) is 0 Å². The summed E-state index contributed by atoms with van der Waals surface area (Å²) in [5.41, 5.74) is 5.03. The Balaban J connectivity index is 2.69. The number of amides is 3. The van der Waals surface area contributed by atoms with Gasteiger partial charge in [-0.05, 0) is 37.1 Å². The van der Waals surface area contributed by atoms with E-state index in [0.717, 1.165) is 11.3 Å². The van der Waals surface area contributed by atoms with Gasteiger partial charge in [0, 0.05) is 10.4 Å². The van der Waals surface area contributed by atoms with Gasteiger partial charge in [0.2, 0.25) is 5.91 Å². The zero-order chi connectivity index (χ0) is 17.0. The van der Waals surface area contributed by atoms with Crippen LogP contribution in [0.25, 0.3) is 0 Å². The molecule has 1 atom stereocenters. The predicted octanol–water partition coefficient (Wildman–Crippen LogP) is 3.18. The van der Waals surface area contributed by atoms with Crippen molar-refractivity contribution in [3.8, 4) is 0 Å². The molecule has 1 heterocycles. The normalized spacial score (nSPS) is 13.5. The molecule has 0 radical (unpaired) electrons.